The van der Waals surface area contributed by atoms with Gasteiger partial charge in [0.15, 0.2) is 0 Å². The summed E-state index contributed by atoms with van der Waals surface area (Å²) in [5.74, 6) is 0.907. The molecule has 0 saturated carbocycles. The SMILES string of the molecule is C=C(CC)c1cccnc1NC. The Balaban J connectivity index is 3.04. The molecule has 1 N–H and O–H groups in total. The molecule has 0 aliphatic heterocycles. The van der Waals surface area contributed by atoms with Crippen molar-refractivity contribution in [3.05, 3.63) is 30.5 Å². The van der Waals surface area contributed by atoms with Crippen molar-refractivity contribution in [2.75, 3.05) is 12.4 Å². The molecule has 64 valence electrons. The lowest BCUT2D eigenvalue weighted by molar-refractivity contribution is 1.21. The van der Waals surface area contributed by atoms with Crippen molar-refractivity contribution in [2.45, 2.75) is 13.3 Å². The molecule has 1 aromatic heterocycles. The van der Waals surface area contributed by atoms with Gasteiger partial charge in [0.1, 0.15) is 5.82 Å². The Morgan fingerprint density at radius 2 is 2.42 bits per heavy atom. The van der Waals surface area contributed by atoms with Crippen LogP contribution >= 0.6 is 0 Å². The molecule has 0 bridgehead atoms. The van der Waals surface area contributed by atoms with Gasteiger partial charge in [0.25, 0.3) is 0 Å². The maximum atomic E-state index is 4.19. The summed E-state index contributed by atoms with van der Waals surface area (Å²) >= 11 is 0. The second kappa shape index (κ2) is 3.90. The van der Waals surface area contributed by atoms with Gasteiger partial charge in [0.05, 0.1) is 0 Å². The van der Waals surface area contributed by atoms with Gasteiger partial charge in [-0.2, -0.15) is 0 Å². The topological polar surface area (TPSA) is 24.9 Å². The van der Waals surface area contributed by atoms with Crippen molar-refractivity contribution in [2.24, 2.45) is 0 Å². The van der Waals surface area contributed by atoms with E-state index in [1.165, 1.54) is 0 Å². The Labute approximate surface area is 73.3 Å². The van der Waals surface area contributed by atoms with Gasteiger partial charge in [0.2, 0.25) is 0 Å². The summed E-state index contributed by atoms with van der Waals surface area (Å²) in [7, 11) is 1.87. The summed E-state index contributed by atoms with van der Waals surface area (Å²) in [6.07, 6.45) is 2.73. The van der Waals surface area contributed by atoms with Crippen LogP contribution < -0.4 is 5.32 Å². The molecule has 2 heteroatoms. The molecule has 0 aliphatic carbocycles. The molecule has 0 aliphatic rings. The van der Waals surface area contributed by atoms with E-state index in [1.54, 1.807) is 6.20 Å². The lowest BCUT2D eigenvalue weighted by atomic mass is 10.1. The maximum Gasteiger partial charge on any atom is 0.133 e. The zero-order valence-corrected chi connectivity index (χ0v) is 7.59. The Kier molecular flexibility index (Phi) is 2.86. The molecule has 0 unspecified atom stereocenters. The zero-order chi connectivity index (χ0) is 8.97. The third-order valence-corrected chi connectivity index (χ3v) is 1.85. The molecular weight excluding hydrogens is 148 g/mol. The quantitative estimate of drug-likeness (QED) is 0.738. The molecule has 12 heavy (non-hydrogen) atoms. The van der Waals surface area contributed by atoms with E-state index in [2.05, 4.69) is 23.8 Å². The molecule has 1 aromatic rings. The number of hydrogen-bond donors (Lipinski definition) is 1. The molecule has 0 radical (unpaired) electrons. The number of rotatable bonds is 3. The van der Waals surface area contributed by atoms with Gasteiger partial charge in [-0.1, -0.05) is 13.5 Å². The zero-order valence-electron chi connectivity index (χ0n) is 7.59. The van der Waals surface area contributed by atoms with Crippen molar-refractivity contribution in [1.29, 1.82) is 0 Å². The van der Waals surface area contributed by atoms with Gasteiger partial charge in [0, 0.05) is 18.8 Å². The third-order valence-electron chi connectivity index (χ3n) is 1.85. The molecule has 2 nitrogen and oxygen atoms in total. The van der Waals surface area contributed by atoms with Gasteiger partial charge in [-0.15, -0.1) is 0 Å². The first-order valence-corrected chi connectivity index (χ1v) is 4.10. The highest BCUT2D eigenvalue weighted by Crippen LogP contribution is 2.21. The Morgan fingerprint density at radius 1 is 1.67 bits per heavy atom. The largest absolute Gasteiger partial charge is 0.373 e. The molecule has 0 atom stereocenters. The Morgan fingerprint density at radius 3 is 3.00 bits per heavy atom. The van der Waals surface area contributed by atoms with Crippen molar-refractivity contribution in [3.63, 3.8) is 0 Å². The maximum absolute atomic E-state index is 4.19. The molecule has 0 fully saturated rings. The second-order valence-corrected chi connectivity index (χ2v) is 2.61. The normalized spacial score (nSPS) is 9.50. The van der Waals surface area contributed by atoms with E-state index in [-0.39, 0.29) is 0 Å². The van der Waals surface area contributed by atoms with Crippen LogP contribution in [0.5, 0.6) is 0 Å². The molecule has 0 saturated heterocycles. The van der Waals surface area contributed by atoms with E-state index in [0.29, 0.717) is 0 Å². The first-order valence-electron chi connectivity index (χ1n) is 4.10. The number of anilines is 1. The summed E-state index contributed by atoms with van der Waals surface area (Å²) in [5, 5.41) is 3.04. The number of aromatic nitrogens is 1. The minimum Gasteiger partial charge on any atom is -0.373 e. The summed E-state index contributed by atoms with van der Waals surface area (Å²) < 4.78 is 0. The highest BCUT2D eigenvalue weighted by Gasteiger charge is 2.02. The number of nitrogens with one attached hydrogen (secondary N) is 1. The van der Waals surface area contributed by atoms with Crippen LogP contribution in [0.1, 0.15) is 18.9 Å². The van der Waals surface area contributed by atoms with Crippen LogP contribution in [0.2, 0.25) is 0 Å². The second-order valence-electron chi connectivity index (χ2n) is 2.61. The van der Waals surface area contributed by atoms with Crippen molar-refractivity contribution in [3.8, 4) is 0 Å². The predicted molar refractivity (Wildman–Crippen MR) is 53.1 cm³/mol. The summed E-state index contributed by atoms with van der Waals surface area (Å²) in [6.45, 7) is 6.06. The fourth-order valence-electron chi connectivity index (χ4n) is 1.08. The number of pyridine rings is 1. The Bertz CT molecular complexity index is 279. The van der Waals surface area contributed by atoms with Crippen LogP contribution in [-0.2, 0) is 0 Å². The average molecular weight is 162 g/mol. The predicted octanol–water partition coefficient (Wildman–Crippen LogP) is 2.55. The smallest absolute Gasteiger partial charge is 0.133 e. The summed E-state index contributed by atoms with van der Waals surface area (Å²) in [6, 6.07) is 3.96. The molecule has 1 rings (SSSR count). The van der Waals surface area contributed by atoms with Gasteiger partial charge >= 0.3 is 0 Å². The van der Waals surface area contributed by atoms with Crippen molar-refractivity contribution in [1.82, 2.24) is 4.98 Å². The standard InChI is InChI=1S/C10H14N2/c1-4-8(2)9-6-5-7-12-10(9)11-3/h5-7H,2,4H2,1,3H3,(H,11,12). The summed E-state index contributed by atoms with van der Waals surface area (Å²) in [5.41, 5.74) is 2.23. The highest BCUT2D eigenvalue weighted by molar-refractivity contribution is 5.72. The van der Waals surface area contributed by atoms with Gasteiger partial charge < -0.3 is 5.32 Å². The van der Waals surface area contributed by atoms with Gasteiger partial charge in [-0.25, -0.2) is 4.98 Å². The molecule has 0 amide bonds. The number of hydrogen-bond acceptors (Lipinski definition) is 2. The molecule has 0 aromatic carbocycles. The van der Waals surface area contributed by atoms with Crippen LogP contribution in [0.15, 0.2) is 24.9 Å². The van der Waals surface area contributed by atoms with E-state index >= 15 is 0 Å². The minimum atomic E-state index is 0.907. The van der Waals surface area contributed by atoms with Crippen LogP contribution in [0.25, 0.3) is 5.57 Å². The number of allylic oxidation sites excluding steroid dienone is 1. The van der Waals surface area contributed by atoms with E-state index in [4.69, 9.17) is 0 Å². The highest BCUT2D eigenvalue weighted by atomic mass is 15.0. The lowest BCUT2D eigenvalue weighted by Crippen LogP contribution is -1.96. The van der Waals surface area contributed by atoms with Gasteiger partial charge in [-0.3, -0.25) is 0 Å². The number of nitrogens with zero attached hydrogens (tertiary/aromatic N) is 1. The Hall–Kier alpha value is -1.31. The first kappa shape index (κ1) is 8.78. The summed E-state index contributed by atoms with van der Waals surface area (Å²) in [4.78, 5) is 4.19. The molecular formula is C10H14N2. The van der Waals surface area contributed by atoms with E-state index in [0.717, 1.165) is 23.4 Å². The monoisotopic (exact) mass is 162 g/mol. The van der Waals surface area contributed by atoms with Crippen LogP contribution in [0, 0.1) is 0 Å². The average Bonchev–Trinajstić information content (AvgIpc) is 2.16. The first-order chi connectivity index (χ1) is 5.79. The van der Waals surface area contributed by atoms with Gasteiger partial charge in [-0.05, 0) is 24.1 Å². The fraction of sp³-hybridized carbons (Fsp3) is 0.300. The van der Waals surface area contributed by atoms with Crippen LogP contribution in [0.3, 0.4) is 0 Å². The minimum absolute atomic E-state index is 0.907. The lowest BCUT2D eigenvalue weighted by Gasteiger charge is -2.07. The van der Waals surface area contributed by atoms with Crippen molar-refractivity contribution >= 4 is 11.4 Å². The fourth-order valence-corrected chi connectivity index (χ4v) is 1.08. The van der Waals surface area contributed by atoms with E-state index < -0.39 is 0 Å². The van der Waals surface area contributed by atoms with E-state index in [9.17, 15) is 0 Å². The van der Waals surface area contributed by atoms with Crippen LogP contribution in [0.4, 0.5) is 5.82 Å². The van der Waals surface area contributed by atoms with E-state index in [1.807, 2.05) is 19.2 Å². The molecule has 1 heterocycles. The molecule has 0 spiro atoms. The third kappa shape index (κ3) is 1.64. The van der Waals surface area contributed by atoms with Crippen LogP contribution in [-0.4, -0.2) is 12.0 Å². The van der Waals surface area contributed by atoms with Crippen molar-refractivity contribution < 1.29 is 0 Å².